The number of benzene rings is 1. The molecule has 1 aliphatic rings. The molecule has 1 aromatic heterocycles. The molecule has 26 heavy (non-hydrogen) atoms. The number of halogens is 1. The molecule has 140 valence electrons. The smallest absolute Gasteiger partial charge is 0.224 e. The molecule has 0 atom stereocenters. The number of nitrogens with one attached hydrogen (secondary N) is 2. The second-order valence-corrected chi connectivity index (χ2v) is 8.07. The Kier molecular flexibility index (Phi) is 6.86. The molecule has 5 nitrogen and oxygen atoms in total. The van der Waals surface area contributed by atoms with Gasteiger partial charge in [0.2, 0.25) is 5.95 Å². The van der Waals surface area contributed by atoms with E-state index in [0.29, 0.717) is 12.1 Å². The van der Waals surface area contributed by atoms with Gasteiger partial charge in [-0.1, -0.05) is 28.1 Å². The molecule has 0 amide bonds. The third-order valence-corrected chi connectivity index (χ3v) is 5.45. The number of anilines is 2. The van der Waals surface area contributed by atoms with Gasteiger partial charge in [-0.05, 0) is 62.4 Å². The first kappa shape index (κ1) is 19.1. The van der Waals surface area contributed by atoms with E-state index in [2.05, 4.69) is 60.8 Å². The Labute approximate surface area is 164 Å². The van der Waals surface area contributed by atoms with Crippen LogP contribution >= 0.6 is 15.9 Å². The maximum atomic E-state index is 4.56. The molecule has 1 aliphatic carbocycles. The normalized spacial score (nSPS) is 20.0. The van der Waals surface area contributed by atoms with Gasteiger partial charge in [0.1, 0.15) is 5.82 Å². The SMILES string of the molecule is CN(C)c1ccnc(N[C@H]2CC[C@@H](NCCc3ccc(Br)cc3)CC2)n1. The Morgan fingerprint density at radius 1 is 1.04 bits per heavy atom. The largest absolute Gasteiger partial charge is 0.363 e. The Balaban J connectivity index is 1.38. The van der Waals surface area contributed by atoms with Crippen molar-refractivity contribution >= 4 is 27.7 Å². The minimum absolute atomic E-state index is 0.469. The Bertz CT molecular complexity index is 681. The molecule has 0 spiro atoms. The Morgan fingerprint density at radius 2 is 1.73 bits per heavy atom. The summed E-state index contributed by atoms with van der Waals surface area (Å²) >= 11 is 3.48. The van der Waals surface area contributed by atoms with Crippen molar-refractivity contribution in [1.82, 2.24) is 15.3 Å². The predicted molar refractivity (Wildman–Crippen MR) is 112 cm³/mol. The highest BCUT2D eigenvalue weighted by Crippen LogP contribution is 2.22. The molecule has 6 heteroatoms. The van der Waals surface area contributed by atoms with E-state index < -0.39 is 0 Å². The van der Waals surface area contributed by atoms with Gasteiger partial charge in [0.25, 0.3) is 0 Å². The highest BCUT2D eigenvalue weighted by Gasteiger charge is 2.21. The molecule has 2 aromatic rings. The van der Waals surface area contributed by atoms with E-state index in [4.69, 9.17) is 0 Å². The highest BCUT2D eigenvalue weighted by molar-refractivity contribution is 9.10. The van der Waals surface area contributed by atoms with Crippen LogP contribution in [0.5, 0.6) is 0 Å². The summed E-state index contributed by atoms with van der Waals surface area (Å²) in [7, 11) is 3.99. The third kappa shape index (κ3) is 5.68. The van der Waals surface area contributed by atoms with Crippen LogP contribution in [0, 0.1) is 0 Å². The van der Waals surface area contributed by atoms with Crippen LogP contribution in [0.4, 0.5) is 11.8 Å². The van der Waals surface area contributed by atoms with E-state index in [9.17, 15) is 0 Å². The fourth-order valence-corrected chi connectivity index (χ4v) is 3.63. The first-order valence-electron chi connectivity index (χ1n) is 9.35. The lowest BCUT2D eigenvalue weighted by atomic mass is 9.91. The molecule has 1 fully saturated rings. The van der Waals surface area contributed by atoms with Gasteiger partial charge in [-0.3, -0.25) is 0 Å². The lowest BCUT2D eigenvalue weighted by Crippen LogP contribution is -2.38. The van der Waals surface area contributed by atoms with Crippen LogP contribution in [-0.2, 0) is 6.42 Å². The molecule has 0 bridgehead atoms. The lowest BCUT2D eigenvalue weighted by molar-refractivity contribution is 0.355. The number of hydrogen-bond donors (Lipinski definition) is 2. The van der Waals surface area contributed by atoms with Crippen LogP contribution in [0.15, 0.2) is 41.0 Å². The van der Waals surface area contributed by atoms with Crippen molar-refractivity contribution in [2.24, 2.45) is 0 Å². The fourth-order valence-electron chi connectivity index (χ4n) is 3.36. The lowest BCUT2D eigenvalue weighted by Gasteiger charge is -2.30. The third-order valence-electron chi connectivity index (χ3n) is 4.92. The van der Waals surface area contributed by atoms with Gasteiger partial charge in [-0.2, -0.15) is 4.98 Å². The van der Waals surface area contributed by atoms with Crippen LogP contribution in [0.1, 0.15) is 31.2 Å². The zero-order valence-electron chi connectivity index (χ0n) is 15.6. The van der Waals surface area contributed by atoms with Crippen molar-refractivity contribution < 1.29 is 0 Å². The quantitative estimate of drug-likeness (QED) is 0.715. The van der Waals surface area contributed by atoms with E-state index in [1.165, 1.54) is 18.4 Å². The van der Waals surface area contributed by atoms with E-state index in [1.807, 2.05) is 31.3 Å². The van der Waals surface area contributed by atoms with Crippen molar-refractivity contribution in [2.75, 3.05) is 30.9 Å². The standard InChI is InChI=1S/C20H28BrN5/c1-26(2)19-12-14-23-20(25-19)24-18-9-7-17(8-10-18)22-13-11-15-3-5-16(21)6-4-15/h3-6,12,14,17-18,22H,7-11,13H2,1-2H3,(H,23,24,25)/t17-,18+. The van der Waals surface area contributed by atoms with E-state index in [-0.39, 0.29) is 0 Å². The average Bonchev–Trinajstić information content (AvgIpc) is 2.65. The van der Waals surface area contributed by atoms with Crippen LogP contribution in [-0.4, -0.2) is 42.7 Å². The van der Waals surface area contributed by atoms with Crippen molar-refractivity contribution in [3.05, 3.63) is 46.6 Å². The second-order valence-electron chi connectivity index (χ2n) is 7.16. The van der Waals surface area contributed by atoms with Crippen molar-refractivity contribution in [1.29, 1.82) is 0 Å². The van der Waals surface area contributed by atoms with Crippen LogP contribution in [0.2, 0.25) is 0 Å². The maximum absolute atomic E-state index is 4.56. The topological polar surface area (TPSA) is 53.1 Å². The zero-order chi connectivity index (χ0) is 18.4. The van der Waals surface area contributed by atoms with Crippen molar-refractivity contribution in [3.63, 3.8) is 0 Å². The predicted octanol–water partition coefficient (Wildman–Crippen LogP) is 3.86. The number of nitrogens with zero attached hydrogens (tertiary/aromatic N) is 3. The molecule has 1 aromatic carbocycles. The summed E-state index contributed by atoms with van der Waals surface area (Å²) in [6.07, 6.45) is 7.62. The summed E-state index contributed by atoms with van der Waals surface area (Å²) in [5.41, 5.74) is 1.38. The molecule has 1 heterocycles. The molecule has 0 radical (unpaired) electrons. The van der Waals surface area contributed by atoms with Gasteiger partial charge in [0.15, 0.2) is 0 Å². The van der Waals surface area contributed by atoms with Gasteiger partial charge in [-0.25, -0.2) is 4.98 Å². The van der Waals surface area contributed by atoms with Crippen LogP contribution in [0.25, 0.3) is 0 Å². The highest BCUT2D eigenvalue weighted by atomic mass is 79.9. The molecule has 3 rings (SSSR count). The molecule has 1 saturated carbocycles. The van der Waals surface area contributed by atoms with Crippen molar-refractivity contribution in [2.45, 2.75) is 44.2 Å². The minimum Gasteiger partial charge on any atom is -0.363 e. The summed E-state index contributed by atoms with van der Waals surface area (Å²) < 4.78 is 1.14. The van der Waals surface area contributed by atoms with Gasteiger partial charge < -0.3 is 15.5 Å². The van der Waals surface area contributed by atoms with Gasteiger partial charge >= 0.3 is 0 Å². The molecular formula is C20H28BrN5. The average molecular weight is 418 g/mol. The van der Waals surface area contributed by atoms with E-state index in [0.717, 1.165) is 42.0 Å². The summed E-state index contributed by atoms with van der Waals surface area (Å²) in [5.74, 6) is 1.67. The molecule has 0 saturated heterocycles. The number of rotatable bonds is 7. The molecule has 0 aliphatic heterocycles. The summed E-state index contributed by atoms with van der Waals surface area (Å²) in [6.45, 7) is 1.04. The van der Waals surface area contributed by atoms with Gasteiger partial charge in [0, 0.05) is 36.8 Å². The summed E-state index contributed by atoms with van der Waals surface area (Å²) in [6, 6.07) is 11.6. The first-order valence-corrected chi connectivity index (χ1v) is 10.1. The van der Waals surface area contributed by atoms with E-state index >= 15 is 0 Å². The first-order chi connectivity index (χ1) is 12.6. The van der Waals surface area contributed by atoms with Crippen LogP contribution < -0.4 is 15.5 Å². The minimum atomic E-state index is 0.469. The molecular weight excluding hydrogens is 390 g/mol. The fraction of sp³-hybridized carbons (Fsp3) is 0.500. The molecule has 2 N–H and O–H groups in total. The van der Waals surface area contributed by atoms with E-state index in [1.54, 1.807) is 0 Å². The number of hydrogen-bond acceptors (Lipinski definition) is 5. The Morgan fingerprint density at radius 3 is 2.42 bits per heavy atom. The monoisotopic (exact) mass is 417 g/mol. The summed E-state index contributed by atoms with van der Waals surface area (Å²) in [4.78, 5) is 10.9. The van der Waals surface area contributed by atoms with Crippen molar-refractivity contribution in [3.8, 4) is 0 Å². The maximum Gasteiger partial charge on any atom is 0.224 e. The van der Waals surface area contributed by atoms with Crippen LogP contribution in [0.3, 0.4) is 0 Å². The second kappa shape index (κ2) is 9.33. The molecule has 0 unspecified atom stereocenters. The zero-order valence-corrected chi connectivity index (χ0v) is 17.2. The summed E-state index contributed by atoms with van der Waals surface area (Å²) in [5, 5.41) is 7.22. The van der Waals surface area contributed by atoms with Gasteiger partial charge in [-0.15, -0.1) is 0 Å². The number of aromatic nitrogens is 2. The van der Waals surface area contributed by atoms with Gasteiger partial charge in [0.05, 0.1) is 0 Å². The Hall–Kier alpha value is -1.66.